The smallest absolute Gasteiger partial charge is 0.260 e. The van der Waals surface area contributed by atoms with Gasteiger partial charge in [0, 0.05) is 5.56 Å². The third-order valence-corrected chi connectivity index (χ3v) is 3.92. The SMILES string of the molecule is COc1cc(/C=N\NC(=O)Cn2cnc3ccccc32)cc2c1OCO2. The van der Waals surface area contributed by atoms with Crippen molar-refractivity contribution in [2.45, 2.75) is 6.54 Å². The number of hydrazone groups is 1. The minimum atomic E-state index is -0.253. The summed E-state index contributed by atoms with van der Waals surface area (Å²) in [4.78, 5) is 16.4. The number of hydrogen-bond donors (Lipinski definition) is 1. The molecule has 0 bridgehead atoms. The molecule has 0 spiro atoms. The number of aromatic nitrogens is 2. The molecule has 0 atom stereocenters. The lowest BCUT2D eigenvalue weighted by atomic mass is 10.2. The van der Waals surface area contributed by atoms with E-state index in [4.69, 9.17) is 14.2 Å². The number of ether oxygens (including phenoxy) is 3. The fourth-order valence-corrected chi connectivity index (χ4v) is 2.73. The van der Waals surface area contributed by atoms with E-state index in [-0.39, 0.29) is 19.2 Å². The van der Waals surface area contributed by atoms with Crippen LogP contribution in [0.3, 0.4) is 0 Å². The van der Waals surface area contributed by atoms with E-state index in [0.29, 0.717) is 17.2 Å². The van der Waals surface area contributed by atoms with Crippen molar-refractivity contribution < 1.29 is 19.0 Å². The molecule has 1 amide bonds. The van der Waals surface area contributed by atoms with E-state index in [9.17, 15) is 4.79 Å². The molecule has 26 heavy (non-hydrogen) atoms. The van der Waals surface area contributed by atoms with E-state index in [1.54, 1.807) is 30.1 Å². The minimum absolute atomic E-state index is 0.127. The molecule has 2 aromatic carbocycles. The van der Waals surface area contributed by atoms with E-state index in [2.05, 4.69) is 15.5 Å². The lowest BCUT2D eigenvalue weighted by Gasteiger charge is -2.06. The molecule has 1 aromatic heterocycles. The molecule has 8 nitrogen and oxygen atoms in total. The van der Waals surface area contributed by atoms with Crippen molar-refractivity contribution in [2.75, 3.05) is 13.9 Å². The Hall–Kier alpha value is -3.55. The molecule has 1 aliphatic rings. The molecule has 0 saturated heterocycles. The summed E-state index contributed by atoms with van der Waals surface area (Å²) in [6.45, 7) is 0.282. The van der Waals surface area contributed by atoms with E-state index in [1.165, 1.54) is 6.21 Å². The van der Waals surface area contributed by atoms with E-state index < -0.39 is 0 Å². The number of nitrogens with zero attached hydrogens (tertiary/aromatic N) is 3. The van der Waals surface area contributed by atoms with Crippen molar-refractivity contribution in [3.63, 3.8) is 0 Å². The number of nitrogens with one attached hydrogen (secondary N) is 1. The molecule has 4 rings (SSSR count). The highest BCUT2D eigenvalue weighted by atomic mass is 16.7. The fourth-order valence-electron chi connectivity index (χ4n) is 2.73. The van der Waals surface area contributed by atoms with Crippen LogP contribution >= 0.6 is 0 Å². The Morgan fingerprint density at radius 3 is 3.15 bits per heavy atom. The molecule has 0 radical (unpaired) electrons. The molecule has 3 aromatic rings. The predicted molar refractivity (Wildman–Crippen MR) is 94.6 cm³/mol. The maximum Gasteiger partial charge on any atom is 0.260 e. The van der Waals surface area contributed by atoms with Crippen LogP contribution in [-0.4, -0.2) is 35.6 Å². The van der Waals surface area contributed by atoms with Gasteiger partial charge in [0.15, 0.2) is 11.5 Å². The largest absolute Gasteiger partial charge is 0.493 e. The van der Waals surface area contributed by atoms with Crippen LogP contribution in [0.2, 0.25) is 0 Å². The molecule has 0 aliphatic carbocycles. The van der Waals surface area contributed by atoms with Crippen molar-refractivity contribution >= 4 is 23.2 Å². The van der Waals surface area contributed by atoms with Gasteiger partial charge in [-0.25, -0.2) is 10.4 Å². The van der Waals surface area contributed by atoms with Crippen molar-refractivity contribution in [1.29, 1.82) is 0 Å². The van der Waals surface area contributed by atoms with Gasteiger partial charge in [0.05, 0.1) is 30.7 Å². The van der Waals surface area contributed by atoms with Crippen molar-refractivity contribution in [1.82, 2.24) is 15.0 Å². The number of methoxy groups -OCH3 is 1. The number of benzene rings is 2. The second-order valence-electron chi connectivity index (χ2n) is 5.61. The fraction of sp³-hybridized carbons (Fsp3) is 0.167. The van der Waals surface area contributed by atoms with Gasteiger partial charge in [0.2, 0.25) is 12.5 Å². The summed E-state index contributed by atoms with van der Waals surface area (Å²) in [5.74, 6) is 1.46. The average molecular weight is 352 g/mol. The Morgan fingerprint density at radius 1 is 1.38 bits per heavy atom. The predicted octanol–water partition coefficient (Wildman–Crippen LogP) is 1.92. The van der Waals surface area contributed by atoms with E-state index in [1.807, 2.05) is 24.3 Å². The lowest BCUT2D eigenvalue weighted by molar-refractivity contribution is -0.121. The quantitative estimate of drug-likeness (QED) is 0.560. The van der Waals surface area contributed by atoms with Crippen LogP contribution in [0.4, 0.5) is 0 Å². The number of hydrogen-bond acceptors (Lipinski definition) is 6. The van der Waals surface area contributed by atoms with Gasteiger partial charge in [0.25, 0.3) is 5.91 Å². The zero-order chi connectivity index (χ0) is 17.9. The average Bonchev–Trinajstić information content (AvgIpc) is 3.28. The van der Waals surface area contributed by atoms with Gasteiger partial charge in [-0.3, -0.25) is 4.79 Å². The summed E-state index contributed by atoms with van der Waals surface area (Å²) in [6, 6.07) is 11.1. The number of rotatable bonds is 5. The van der Waals surface area contributed by atoms with Crippen LogP contribution in [0, 0.1) is 0 Å². The summed E-state index contributed by atoms with van der Waals surface area (Å²) in [5.41, 5.74) is 4.97. The van der Waals surface area contributed by atoms with Crippen molar-refractivity contribution in [3.05, 3.63) is 48.3 Å². The maximum atomic E-state index is 12.1. The van der Waals surface area contributed by atoms with Gasteiger partial charge in [-0.15, -0.1) is 0 Å². The highest BCUT2D eigenvalue weighted by Gasteiger charge is 2.19. The first-order valence-corrected chi connectivity index (χ1v) is 7.94. The zero-order valence-corrected chi connectivity index (χ0v) is 14.0. The number of para-hydroxylation sites is 2. The molecular formula is C18H16N4O4. The molecule has 132 valence electrons. The zero-order valence-electron chi connectivity index (χ0n) is 14.0. The highest BCUT2D eigenvalue weighted by Crippen LogP contribution is 2.41. The Labute approximate surface area is 149 Å². The Morgan fingerprint density at radius 2 is 2.27 bits per heavy atom. The van der Waals surface area contributed by atoms with Gasteiger partial charge in [-0.2, -0.15) is 5.10 Å². The van der Waals surface area contributed by atoms with Gasteiger partial charge in [0.1, 0.15) is 6.54 Å². The van der Waals surface area contributed by atoms with Gasteiger partial charge in [-0.1, -0.05) is 12.1 Å². The summed E-state index contributed by atoms with van der Waals surface area (Å²) in [7, 11) is 1.55. The van der Waals surface area contributed by atoms with Crippen LogP contribution < -0.4 is 19.6 Å². The first-order valence-electron chi connectivity index (χ1n) is 7.94. The van der Waals surface area contributed by atoms with Gasteiger partial charge in [-0.05, 0) is 24.3 Å². The Balaban J connectivity index is 1.43. The molecule has 1 aliphatic heterocycles. The number of fused-ring (bicyclic) bond motifs is 2. The molecule has 0 fully saturated rings. The second-order valence-corrected chi connectivity index (χ2v) is 5.61. The third-order valence-electron chi connectivity index (χ3n) is 3.92. The van der Waals surface area contributed by atoms with Crippen LogP contribution in [0.25, 0.3) is 11.0 Å². The number of carbonyl (C=O) groups excluding carboxylic acids is 1. The topological polar surface area (TPSA) is 87.0 Å². The molecule has 0 saturated carbocycles. The lowest BCUT2D eigenvalue weighted by Crippen LogP contribution is -2.22. The minimum Gasteiger partial charge on any atom is -0.493 e. The second kappa shape index (κ2) is 6.75. The number of imidazole rings is 1. The Kier molecular flexibility index (Phi) is 4.14. The van der Waals surface area contributed by atoms with Crippen molar-refractivity contribution in [3.8, 4) is 17.2 Å². The number of amides is 1. The standard InChI is InChI=1S/C18H16N4O4/c1-24-15-6-12(7-16-18(15)26-11-25-16)8-20-21-17(23)9-22-10-19-13-4-2-3-5-14(13)22/h2-8,10H,9,11H2,1H3,(H,21,23)/b20-8-. The summed E-state index contributed by atoms with van der Waals surface area (Å²) >= 11 is 0. The number of carbonyl (C=O) groups is 1. The monoisotopic (exact) mass is 352 g/mol. The van der Waals surface area contributed by atoms with Crippen molar-refractivity contribution in [2.24, 2.45) is 5.10 Å². The first-order chi connectivity index (χ1) is 12.7. The van der Waals surface area contributed by atoms with Crippen LogP contribution in [0.5, 0.6) is 17.2 Å². The Bertz CT molecular complexity index is 996. The first kappa shape index (κ1) is 15.9. The van der Waals surface area contributed by atoms with E-state index >= 15 is 0 Å². The highest BCUT2D eigenvalue weighted by molar-refractivity contribution is 5.85. The van der Waals surface area contributed by atoms with Gasteiger partial charge >= 0.3 is 0 Å². The molecule has 2 heterocycles. The van der Waals surface area contributed by atoms with E-state index in [0.717, 1.165) is 16.6 Å². The summed E-state index contributed by atoms with van der Waals surface area (Å²) in [5, 5.41) is 3.99. The maximum absolute atomic E-state index is 12.1. The molecule has 1 N–H and O–H groups in total. The van der Waals surface area contributed by atoms with Gasteiger partial charge < -0.3 is 18.8 Å². The summed E-state index contributed by atoms with van der Waals surface area (Å²) < 4.78 is 17.7. The third kappa shape index (κ3) is 3.04. The molecule has 8 heteroatoms. The van der Waals surface area contributed by atoms with Crippen LogP contribution in [-0.2, 0) is 11.3 Å². The summed E-state index contributed by atoms with van der Waals surface area (Å²) in [6.07, 6.45) is 3.16. The normalized spacial score (nSPS) is 12.7. The van der Waals surface area contributed by atoms with Crippen LogP contribution in [0.1, 0.15) is 5.56 Å². The van der Waals surface area contributed by atoms with Crippen LogP contribution in [0.15, 0.2) is 47.8 Å². The molecule has 0 unspecified atom stereocenters. The molecular weight excluding hydrogens is 336 g/mol.